The Morgan fingerprint density at radius 1 is 1.12 bits per heavy atom. The van der Waals surface area contributed by atoms with E-state index in [4.69, 9.17) is 14.2 Å². The Labute approximate surface area is 142 Å². The fourth-order valence-corrected chi connectivity index (χ4v) is 2.83. The Balaban J connectivity index is 1.92. The van der Waals surface area contributed by atoms with Gasteiger partial charge in [-0.3, -0.25) is 9.59 Å². The highest BCUT2D eigenvalue weighted by Gasteiger charge is 2.31. The molecule has 0 aliphatic carbocycles. The Hall–Kier alpha value is -2.24. The number of nitrogens with zero attached hydrogens (tertiary/aromatic N) is 1. The number of benzene rings is 1. The average molecular weight is 335 g/mol. The van der Waals surface area contributed by atoms with Crippen molar-refractivity contribution in [2.45, 2.75) is 32.3 Å². The van der Waals surface area contributed by atoms with Crippen LogP contribution in [0.3, 0.4) is 0 Å². The van der Waals surface area contributed by atoms with E-state index < -0.39 is 6.10 Å². The van der Waals surface area contributed by atoms with Gasteiger partial charge >= 0.3 is 5.97 Å². The van der Waals surface area contributed by atoms with E-state index in [1.165, 1.54) is 7.11 Å². The van der Waals surface area contributed by atoms with Crippen LogP contribution in [0.15, 0.2) is 24.3 Å². The number of esters is 1. The van der Waals surface area contributed by atoms with Crippen molar-refractivity contribution in [3.63, 3.8) is 0 Å². The summed E-state index contributed by atoms with van der Waals surface area (Å²) in [5.41, 5.74) is 0. The number of rotatable bonds is 6. The van der Waals surface area contributed by atoms with E-state index in [1.54, 1.807) is 36.3 Å². The molecule has 1 aromatic rings. The lowest BCUT2D eigenvalue weighted by Crippen LogP contribution is -2.46. The summed E-state index contributed by atoms with van der Waals surface area (Å²) in [5.74, 6) is 1.05. The molecule has 1 heterocycles. The van der Waals surface area contributed by atoms with Gasteiger partial charge in [-0.05, 0) is 43.5 Å². The van der Waals surface area contributed by atoms with Crippen LogP contribution in [0.4, 0.5) is 0 Å². The number of methoxy groups -OCH3 is 2. The minimum absolute atomic E-state index is 0.0309. The second-order valence-corrected chi connectivity index (χ2v) is 5.81. The Bertz CT molecular complexity index is 549. The largest absolute Gasteiger partial charge is 0.497 e. The average Bonchev–Trinajstić information content (AvgIpc) is 2.65. The lowest BCUT2D eigenvalue weighted by atomic mass is 9.96. The fourth-order valence-electron chi connectivity index (χ4n) is 2.83. The first kappa shape index (κ1) is 18.1. The minimum Gasteiger partial charge on any atom is -0.497 e. The van der Waals surface area contributed by atoms with Gasteiger partial charge in [-0.25, -0.2) is 0 Å². The number of carbonyl (C=O) groups excluding carboxylic acids is 2. The third-order valence-corrected chi connectivity index (χ3v) is 4.33. The van der Waals surface area contributed by atoms with Crippen molar-refractivity contribution >= 4 is 11.9 Å². The van der Waals surface area contributed by atoms with Crippen LogP contribution < -0.4 is 9.47 Å². The normalized spacial score (nSPS) is 16.4. The van der Waals surface area contributed by atoms with Crippen LogP contribution in [0.1, 0.15) is 26.2 Å². The van der Waals surface area contributed by atoms with Gasteiger partial charge < -0.3 is 19.1 Å². The van der Waals surface area contributed by atoms with Crippen LogP contribution in [-0.4, -0.2) is 50.2 Å². The summed E-state index contributed by atoms with van der Waals surface area (Å²) >= 11 is 0. The third kappa shape index (κ3) is 4.40. The first-order chi connectivity index (χ1) is 11.6. The summed E-state index contributed by atoms with van der Waals surface area (Å²) in [7, 11) is 3.00. The quantitative estimate of drug-likeness (QED) is 0.746. The van der Waals surface area contributed by atoms with Crippen LogP contribution in [-0.2, 0) is 14.3 Å². The molecule has 0 N–H and O–H groups in total. The molecule has 1 aliphatic heterocycles. The van der Waals surface area contributed by atoms with Gasteiger partial charge in [-0.15, -0.1) is 0 Å². The van der Waals surface area contributed by atoms with Crippen molar-refractivity contribution in [1.29, 1.82) is 0 Å². The highest BCUT2D eigenvalue weighted by molar-refractivity contribution is 5.81. The molecule has 0 aromatic heterocycles. The van der Waals surface area contributed by atoms with Crippen LogP contribution in [0.2, 0.25) is 0 Å². The van der Waals surface area contributed by atoms with Gasteiger partial charge in [0.1, 0.15) is 11.5 Å². The van der Waals surface area contributed by atoms with Crippen molar-refractivity contribution in [3.05, 3.63) is 24.3 Å². The van der Waals surface area contributed by atoms with Gasteiger partial charge in [0.15, 0.2) is 6.10 Å². The zero-order valence-electron chi connectivity index (χ0n) is 14.5. The highest BCUT2D eigenvalue weighted by Crippen LogP contribution is 2.22. The Morgan fingerprint density at radius 2 is 1.71 bits per heavy atom. The zero-order valence-corrected chi connectivity index (χ0v) is 14.5. The number of ether oxygens (including phenoxy) is 3. The number of carbonyl (C=O) groups is 2. The van der Waals surface area contributed by atoms with Crippen molar-refractivity contribution in [2.75, 3.05) is 27.3 Å². The molecule has 0 unspecified atom stereocenters. The smallest absolute Gasteiger partial charge is 0.308 e. The molecule has 1 atom stereocenters. The third-order valence-electron chi connectivity index (χ3n) is 4.33. The molecule has 0 radical (unpaired) electrons. The maximum Gasteiger partial charge on any atom is 0.308 e. The Kier molecular flexibility index (Phi) is 6.46. The van der Waals surface area contributed by atoms with Crippen molar-refractivity contribution in [2.24, 2.45) is 5.92 Å². The lowest BCUT2D eigenvalue weighted by molar-refractivity contribution is -0.150. The van der Waals surface area contributed by atoms with E-state index in [0.29, 0.717) is 38.1 Å². The molecule has 2 rings (SSSR count). The number of hydrogen-bond donors (Lipinski definition) is 0. The topological polar surface area (TPSA) is 65.1 Å². The van der Waals surface area contributed by atoms with Crippen molar-refractivity contribution in [1.82, 2.24) is 4.90 Å². The molecule has 6 nitrogen and oxygen atoms in total. The molecule has 0 bridgehead atoms. The fraction of sp³-hybridized carbons (Fsp3) is 0.556. The van der Waals surface area contributed by atoms with E-state index >= 15 is 0 Å². The van der Waals surface area contributed by atoms with E-state index in [-0.39, 0.29) is 17.8 Å². The van der Waals surface area contributed by atoms with Crippen LogP contribution in [0, 0.1) is 5.92 Å². The Morgan fingerprint density at radius 3 is 2.21 bits per heavy atom. The zero-order chi connectivity index (χ0) is 17.5. The second kappa shape index (κ2) is 8.57. The van der Waals surface area contributed by atoms with Gasteiger partial charge in [0, 0.05) is 13.1 Å². The van der Waals surface area contributed by atoms with Crippen LogP contribution >= 0.6 is 0 Å². The molecule has 1 saturated heterocycles. The van der Waals surface area contributed by atoms with E-state index in [9.17, 15) is 9.59 Å². The van der Waals surface area contributed by atoms with Gasteiger partial charge in [-0.1, -0.05) is 6.92 Å². The monoisotopic (exact) mass is 335 g/mol. The summed E-state index contributed by atoms with van der Waals surface area (Å²) < 4.78 is 15.7. The van der Waals surface area contributed by atoms with E-state index in [1.807, 2.05) is 6.92 Å². The summed E-state index contributed by atoms with van der Waals surface area (Å²) in [6.45, 7) is 3.04. The first-order valence-corrected chi connectivity index (χ1v) is 8.26. The molecule has 1 aromatic carbocycles. The molecule has 0 spiro atoms. The number of hydrogen-bond acceptors (Lipinski definition) is 5. The molecule has 1 fully saturated rings. The standard InChI is InChI=1S/C18H25NO5/c1-4-16(24-15-7-5-14(22-2)6-8-15)17(20)19-11-9-13(10-12-19)18(21)23-3/h5-8,13,16H,4,9-12H2,1-3H3/t16-/m1/s1. The predicted molar refractivity (Wildman–Crippen MR) is 89.0 cm³/mol. The second-order valence-electron chi connectivity index (χ2n) is 5.81. The van der Waals surface area contributed by atoms with Gasteiger partial charge in [-0.2, -0.15) is 0 Å². The van der Waals surface area contributed by atoms with E-state index in [0.717, 1.165) is 5.75 Å². The molecule has 132 valence electrons. The van der Waals surface area contributed by atoms with Crippen LogP contribution in [0.25, 0.3) is 0 Å². The molecule has 1 aliphatic rings. The molecule has 0 saturated carbocycles. The van der Waals surface area contributed by atoms with E-state index in [2.05, 4.69) is 0 Å². The van der Waals surface area contributed by atoms with Crippen LogP contribution in [0.5, 0.6) is 11.5 Å². The maximum absolute atomic E-state index is 12.7. The highest BCUT2D eigenvalue weighted by atomic mass is 16.5. The summed E-state index contributed by atoms with van der Waals surface area (Å²) in [6.07, 6.45) is 1.34. The number of likely N-dealkylation sites (tertiary alicyclic amines) is 1. The van der Waals surface area contributed by atoms with Crippen molar-refractivity contribution < 1.29 is 23.8 Å². The molecule has 24 heavy (non-hydrogen) atoms. The van der Waals surface area contributed by atoms with Gasteiger partial charge in [0.25, 0.3) is 5.91 Å². The predicted octanol–water partition coefficient (Wildman–Crippen LogP) is 2.26. The van der Waals surface area contributed by atoms with Gasteiger partial charge in [0.05, 0.1) is 20.1 Å². The summed E-state index contributed by atoms with van der Waals surface area (Å²) in [4.78, 5) is 26.0. The maximum atomic E-state index is 12.7. The molecular formula is C18H25NO5. The first-order valence-electron chi connectivity index (χ1n) is 8.26. The minimum atomic E-state index is -0.520. The SMILES string of the molecule is CC[C@@H](Oc1ccc(OC)cc1)C(=O)N1CCC(C(=O)OC)CC1. The van der Waals surface area contributed by atoms with Gasteiger partial charge in [0.2, 0.25) is 0 Å². The number of amides is 1. The molecular weight excluding hydrogens is 310 g/mol. The van der Waals surface area contributed by atoms with Crippen molar-refractivity contribution in [3.8, 4) is 11.5 Å². The molecule has 6 heteroatoms. The number of piperidine rings is 1. The molecule has 1 amide bonds. The lowest BCUT2D eigenvalue weighted by Gasteiger charge is -2.33. The summed E-state index contributed by atoms with van der Waals surface area (Å²) in [5, 5.41) is 0. The summed E-state index contributed by atoms with van der Waals surface area (Å²) in [6, 6.07) is 7.18.